The average Bonchev–Trinajstić information content (AvgIpc) is 3.41. The van der Waals surface area contributed by atoms with Crippen molar-refractivity contribution in [1.82, 2.24) is 4.90 Å². The number of aliphatic hydroxyl groups excluding tert-OH is 1. The Bertz CT molecular complexity index is 1170. The molecule has 1 aliphatic heterocycles. The van der Waals surface area contributed by atoms with Crippen molar-refractivity contribution in [2.24, 2.45) is 0 Å². The summed E-state index contributed by atoms with van der Waals surface area (Å²) in [4.78, 5) is 28.4. The minimum Gasteiger partial charge on any atom is -0.506 e. The molecule has 32 heavy (non-hydrogen) atoms. The van der Waals surface area contributed by atoms with Gasteiger partial charge in [0.25, 0.3) is 11.7 Å². The van der Waals surface area contributed by atoms with E-state index in [1.807, 2.05) is 17.5 Å². The molecule has 0 saturated carbocycles. The van der Waals surface area contributed by atoms with Crippen LogP contribution >= 0.6 is 11.3 Å². The summed E-state index contributed by atoms with van der Waals surface area (Å²) in [6.07, 6.45) is 0. The molecule has 1 amide bonds. The van der Waals surface area contributed by atoms with E-state index in [2.05, 4.69) is 0 Å². The molecule has 6 nitrogen and oxygen atoms in total. The number of carbonyl (C=O) groups is 2. The number of carbonyl (C=O) groups excluding carboxylic acids is 2. The van der Waals surface area contributed by atoms with Crippen LogP contribution in [-0.2, 0) is 16.1 Å². The van der Waals surface area contributed by atoms with Crippen LogP contribution in [0, 0.1) is 5.82 Å². The van der Waals surface area contributed by atoms with Gasteiger partial charge in [-0.2, -0.15) is 0 Å². The van der Waals surface area contributed by atoms with Gasteiger partial charge in [-0.3, -0.25) is 9.59 Å². The number of ketones is 1. The fraction of sp³-hybridized carbons (Fsp3) is 0.167. The van der Waals surface area contributed by atoms with Crippen molar-refractivity contribution < 1.29 is 28.6 Å². The first kappa shape index (κ1) is 21.6. The third-order valence-electron chi connectivity index (χ3n) is 5.30. The molecule has 2 heterocycles. The maximum atomic E-state index is 13.6. The molecule has 1 saturated heterocycles. The zero-order valence-electron chi connectivity index (χ0n) is 17.4. The van der Waals surface area contributed by atoms with Crippen molar-refractivity contribution in [1.29, 1.82) is 0 Å². The van der Waals surface area contributed by atoms with Crippen LogP contribution in [0.2, 0.25) is 0 Å². The normalized spacial score (nSPS) is 17.6. The quantitative estimate of drug-likeness (QED) is 0.337. The second-order valence-electron chi connectivity index (χ2n) is 7.10. The summed E-state index contributed by atoms with van der Waals surface area (Å²) in [5.74, 6) is -1.88. The van der Waals surface area contributed by atoms with Gasteiger partial charge < -0.3 is 19.5 Å². The number of rotatable bonds is 6. The van der Waals surface area contributed by atoms with E-state index in [0.29, 0.717) is 5.56 Å². The lowest BCUT2D eigenvalue weighted by atomic mass is 9.94. The number of methoxy groups -OCH3 is 2. The van der Waals surface area contributed by atoms with Crippen LogP contribution in [0.25, 0.3) is 5.76 Å². The van der Waals surface area contributed by atoms with Gasteiger partial charge in [0, 0.05) is 4.88 Å². The van der Waals surface area contributed by atoms with Crippen LogP contribution < -0.4 is 9.47 Å². The minimum absolute atomic E-state index is 0.110. The number of halogens is 1. The Kier molecular flexibility index (Phi) is 5.96. The summed E-state index contributed by atoms with van der Waals surface area (Å²) in [6.45, 7) is 0.171. The van der Waals surface area contributed by atoms with Gasteiger partial charge in [-0.15, -0.1) is 11.3 Å². The lowest BCUT2D eigenvalue weighted by Gasteiger charge is -2.25. The highest BCUT2D eigenvalue weighted by Gasteiger charge is 2.46. The summed E-state index contributed by atoms with van der Waals surface area (Å²) in [5.41, 5.74) is 0.553. The van der Waals surface area contributed by atoms with Gasteiger partial charge in [-0.05, 0) is 41.3 Å². The maximum Gasteiger partial charge on any atom is 0.295 e. The molecule has 0 aliphatic carbocycles. The second kappa shape index (κ2) is 8.84. The third kappa shape index (κ3) is 3.73. The molecule has 1 N–H and O–H groups in total. The molecule has 1 fully saturated rings. The SMILES string of the molecule is COc1cccc(OC)c1/C(O)=C1\C(=O)C(=O)N(Cc2cccs2)C1c1ccc(F)cc1. The van der Waals surface area contributed by atoms with Gasteiger partial charge >= 0.3 is 0 Å². The van der Waals surface area contributed by atoms with Gasteiger partial charge in [0.15, 0.2) is 0 Å². The maximum absolute atomic E-state index is 13.6. The number of likely N-dealkylation sites (tertiary alicyclic amines) is 1. The van der Waals surface area contributed by atoms with Crippen LogP contribution in [0.4, 0.5) is 4.39 Å². The Hall–Kier alpha value is -3.65. The van der Waals surface area contributed by atoms with E-state index >= 15 is 0 Å². The second-order valence-corrected chi connectivity index (χ2v) is 8.13. The molecular weight excluding hydrogens is 433 g/mol. The Balaban J connectivity index is 1.94. The van der Waals surface area contributed by atoms with E-state index in [4.69, 9.17) is 9.47 Å². The number of amides is 1. The first-order chi connectivity index (χ1) is 15.5. The molecule has 1 unspecified atom stereocenters. The monoisotopic (exact) mass is 453 g/mol. The first-order valence-electron chi connectivity index (χ1n) is 9.74. The van der Waals surface area contributed by atoms with E-state index in [0.717, 1.165) is 4.88 Å². The van der Waals surface area contributed by atoms with E-state index < -0.39 is 29.3 Å². The van der Waals surface area contributed by atoms with Crippen molar-refractivity contribution in [3.05, 3.63) is 87.4 Å². The van der Waals surface area contributed by atoms with Crippen LogP contribution in [0.3, 0.4) is 0 Å². The van der Waals surface area contributed by atoms with Crippen molar-refractivity contribution in [2.75, 3.05) is 14.2 Å². The summed E-state index contributed by atoms with van der Waals surface area (Å²) < 4.78 is 24.3. The third-order valence-corrected chi connectivity index (χ3v) is 6.16. The van der Waals surface area contributed by atoms with E-state index in [1.165, 1.54) is 54.7 Å². The molecular formula is C24H20FNO5S. The number of benzene rings is 2. The van der Waals surface area contributed by atoms with Crippen LogP contribution in [-0.4, -0.2) is 35.9 Å². The van der Waals surface area contributed by atoms with Gasteiger partial charge in [-0.25, -0.2) is 4.39 Å². The summed E-state index contributed by atoms with van der Waals surface area (Å²) in [6, 6.07) is 13.2. The Morgan fingerprint density at radius 3 is 2.25 bits per heavy atom. The van der Waals surface area contributed by atoms with Crippen LogP contribution in [0.5, 0.6) is 11.5 Å². The number of hydrogen-bond acceptors (Lipinski definition) is 6. The summed E-state index contributed by atoms with van der Waals surface area (Å²) in [5, 5.41) is 13.2. The fourth-order valence-corrected chi connectivity index (χ4v) is 4.53. The molecule has 8 heteroatoms. The average molecular weight is 453 g/mol. The molecule has 0 bridgehead atoms. The molecule has 1 aliphatic rings. The standard InChI is InChI=1S/C24H20FNO5S/c1-30-17-6-3-7-18(31-2)19(17)22(27)20-21(14-8-10-15(25)11-9-14)26(24(29)23(20)28)13-16-5-4-12-32-16/h3-12,21,27H,13H2,1-2H3/b22-20+. The molecule has 4 rings (SSSR count). The molecule has 0 spiro atoms. The van der Waals surface area contributed by atoms with E-state index in [9.17, 15) is 19.1 Å². The zero-order chi connectivity index (χ0) is 22.8. The van der Waals surface area contributed by atoms with Crippen molar-refractivity contribution in [3.63, 3.8) is 0 Å². The van der Waals surface area contributed by atoms with Crippen LogP contribution in [0.15, 0.2) is 65.6 Å². The van der Waals surface area contributed by atoms with Gasteiger partial charge in [0.1, 0.15) is 28.6 Å². The van der Waals surface area contributed by atoms with E-state index in [-0.39, 0.29) is 29.2 Å². The lowest BCUT2D eigenvalue weighted by Crippen LogP contribution is -2.28. The molecule has 1 aromatic heterocycles. The molecule has 1 atom stereocenters. The van der Waals surface area contributed by atoms with Gasteiger partial charge in [0.2, 0.25) is 0 Å². The number of hydrogen-bond donors (Lipinski definition) is 1. The summed E-state index contributed by atoms with van der Waals surface area (Å²) in [7, 11) is 2.86. The first-order valence-corrected chi connectivity index (χ1v) is 10.6. The highest BCUT2D eigenvalue weighted by Crippen LogP contribution is 2.44. The molecule has 3 aromatic rings. The number of Topliss-reactive ketones (excluding diaryl/α,β-unsaturated/α-hetero) is 1. The Morgan fingerprint density at radius 1 is 1.03 bits per heavy atom. The molecule has 0 radical (unpaired) electrons. The minimum atomic E-state index is -0.910. The number of ether oxygens (including phenoxy) is 2. The van der Waals surface area contributed by atoms with Gasteiger partial charge in [0.05, 0.1) is 32.4 Å². The highest BCUT2D eigenvalue weighted by molar-refractivity contribution is 7.09. The van der Waals surface area contributed by atoms with E-state index in [1.54, 1.807) is 18.2 Å². The number of nitrogens with zero attached hydrogens (tertiary/aromatic N) is 1. The van der Waals surface area contributed by atoms with Crippen molar-refractivity contribution in [3.8, 4) is 11.5 Å². The number of aliphatic hydroxyl groups is 1. The lowest BCUT2D eigenvalue weighted by molar-refractivity contribution is -0.140. The largest absolute Gasteiger partial charge is 0.506 e. The Morgan fingerprint density at radius 2 is 1.69 bits per heavy atom. The predicted octanol–water partition coefficient (Wildman–Crippen LogP) is 4.53. The van der Waals surface area contributed by atoms with Crippen molar-refractivity contribution in [2.45, 2.75) is 12.6 Å². The Labute approximate surface area is 188 Å². The molecule has 164 valence electrons. The summed E-state index contributed by atoms with van der Waals surface area (Å²) >= 11 is 1.45. The smallest absolute Gasteiger partial charge is 0.295 e. The fourth-order valence-electron chi connectivity index (χ4n) is 3.82. The molecule has 2 aromatic carbocycles. The highest BCUT2D eigenvalue weighted by atomic mass is 32.1. The van der Waals surface area contributed by atoms with Crippen molar-refractivity contribution >= 4 is 28.8 Å². The van der Waals surface area contributed by atoms with Gasteiger partial charge in [-0.1, -0.05) is 24.3 Å². The topological polar surface area (TPSA) is 76.1 Å². The number of thiophene rings is 1. The zero-order valence-corrected chi connectivity index (χ0v) is 18.2. The predicted molar refractivity (Wildman–Crippen MR) is 118 cm³/mol. The van der Waals surface area contributed by atoms with Crippen LogP contribution in [0.1, 0.15) is 22.0 Å².